The van der Waals surface area contributed by atoms with Crippen molar-refractivity contribution in [3.8, 4) is 0 Å². The lowest BCUT2D eigenvalue weighted by Gasteiger charge is -2.31. The van der Waals surface area contributed by atoms with Crippen LogP contribution in [0.25, 0.3) is 0 Å². The summed E-state index contributed by atoms with van der Waals surface area (Å²) < 4.78 is 27.2. The van der Waals surface area contributed by atoms with Gasteiger partial charge in [0.05, 0.1) is 4.90 Å². The van der Waals surface area contributed by atoms with Crippen LogP contribution in [0, 0.1) is 5.92 Å². The second-order valence-corrected chi connectivity index (χ2v) is 8.77. The van der Waals surface area contributed by atoms with Crippen molar-refractivity contribution >= 4 is 28.2 Å². The molecule has 1 aromatic carbocycles. The highest BCUT2D eigenvalue weighted by Gasteiger charge is 2.30. The van der Waals surface area contributed by atoms with E-state index in [4.69, 9.17) is 0 Å². The summed E-state index contributed by atoms with van der Waals surface area (Å²) in [6.07, 6.45) is 4.72. The number of sulfonamides is 1. The van der Waals surface area contributed by atoms with E-state index in [9.17, 15) is 13.2 Å². The minimum atomic E-state index is -3.52. The first kappa shape index (κ1) is 20.4. The van der Waals surface area contributed by atoms with Gasteiger partial charge in [-0.15, -0.1) is 12.4 Å². The number of nitrogens with zero attached hydrogens (tertiary/aromatic N) is 1. The summed E-state index contributed by atoms with van der Waals surface area (Å²) in [4.78, 5) is 12.1. The van der Waals surface area contributed by atoms with Crippen LogP contribution in [0.15, 0.2) is 29.2 Å². The van der Waals surface area contributed by atoms with E-state index in [2.05, 4.69) is 5.32 Å². The highest BCUT2D eigenvalue weighted by atomic mass is 35.5. The molecule has 140 valence electrons. The molecular weight excluding hydrogens is 360 g/mol. The third-order valence-corrected chi connectivity index (χ3v) is 6.86. The topological polar surface area (TPSA) is 66.5 Å². The quantitative estimate of drug-likeness (QED) is 0.732. The van der Waals surface area contributed by atoms with Gasteiger partial charge in [0.15, 0.2) is 5.78 Å². The number of carbonyl (C=O) groups is 1. The van der Waals surface area contributed by atoms with E-state index in [0.29, 0.717) is 31.1 Å². The van der Waals surface area contributed by atoms with Gasteiger partial charge in [-0.25, -0.2) is 8.42 Å². The molecule has 2 aliphatic rings. The number of nitrogens with one attached hydrogen (secondary N) is 1. The minimum absolute atomic E-state index is 0. The maximum Gasteiger partial charge on any atom is 0.243 e. The van der Waals surface area contributed by atoms with Crippen LogP contribution in [-0.2, 0) is 10.0 Å². The predicted octanol–water partition coefficient (Wildman–Crippen LogP) is 2.85. The number of benzene rings is 1. The van der Waals surface area contributed by atoms with Crippen LogP contribution in [0.2, 0.25) is 0 Å². The lowest BCUT2D eigenvalue weighted by atomic mass is 10.1. The van der Waals surface area contributed by atoms with Crippen molar-refractivity contribution in [3.63, 3.8) is 0 Å². The second kappa shape index (κ2) is 8.62. The number of ketones is 1. The lowest BCUT2D eigenvalue weighted by Crippen LogP contribution is -2.45. The fourth-order valence-corrected chi connectivity index (χ4v) is 4.65. The molecule has 0 unspecified atom stereocenters. The van der Waals surface area contributed by atoms with E-state index in [0.717, 1.165) is 25.3 Å². The Hall–Kier alpha value is -0.950. The summed E-state index contributed by atoms with van der Waals surface area (Å²) in [5.41, 5.74) is 0.472. The first-order valence-electron chi connectivity index (χ1n) is 8.87. The summed E-state index contributed by atoms with van der Waals surface area (Å²) in [5, 5.41) is 3.56. The maximum absolute atomic E-state index is 12.8. The SMILES string of the molecule is CCC(=O)c1cccc(S(=O)(=O)N2CCC(NCC3CC3)CC2)c1.Cl. The van der Waals surface area contributed by atoms with Crippen molar-refractivity contribution in [2.75, 3.05) is 19.6 Å². The van der Waals surface area contributed by atoms with Gasteiger partial charge in [-0.2, -0.15) is 4.31 Å². The van der Waals surface area contributed by atoms with Crippen LogP contribution in [0.1, 0.15) is 49.4 Å². The summed E-state index contributed by atoms with van der Waals surface area (Å²) in [6.45, 7) is 3.93. The number of rotatable bonds is 7. The number of hydrogen-bond donors (Lipinski definition) is 1. The molecule has 0 amide bonds. The van der Waals surface area contributed by atoms with E-state index >= 15 is 0 Å². The van der Waals surface area contributed by atoms with Gasteiger partial charge in [0, 0.05) is 31.1 Å². The van der Waals surface area contributed by atoms with Crippen LogP contribution in [0.4, 0.5) is 0 Å². The van der Waals surface area contributed by atoms with Gasteiger partial charge in [-0.3, -0.25) is 4.79 Å². The third-order valence-electron chi connectivity index (χ3n) is 4.96. The summed E-state index contributed by atoms with van der Waals surface area (Å²) in [7, 11) is -3.52. The van der Waals surface area contributed by atoms with E-state index in [1.54, 1.807) is 29.4 Å². The van der Waals surface area contributed by atoms with Gasteiger partial charge in [0.2, 0.25) is 10.0 Å². The average molecular weight is 387 g/mol. The van der Waals surface area contributed by atoms with Crippen molar-refractivity contribution in [2.45, 2.75) is 50.0 Å². The summed E-state index contributed by atoms with van der Waals surface area (Å²) in [5.74, 6) is 0.806. The normalized spacial score (nSPS) is 19.4. The molecule has 2 fully saturated rings. The summed E-state index contributed by atoms with van der Waals surface area (Å²) >= 11 is 0. The second-order valence-electron chi connectivity index (χ2n) is 6.83. The van der Waals surface area contributed by atoms with E-state index in [1.807, 2.05) is 0 Å². The number of Topliss-reactive ketones (excluding diaryl/α,β-unsaturated/α-hetero) is 1. The average Bonchev–Trinajstić information content (AvgIpc) is 3.44. The van der Waals surface area contributed by atoms with Gasteiger partial charge in [-0.05, 0) is 50.3 Å². The molecule has 1 saturated heterocycles. The van der Waals surface area contributed by atoms with Crippen molar-refractivity contribution in [3.05, 3.63) is 29.8 Å². The Balaban J connectivity index is 0.00000225. The lowest BCUT2D eigenvalue weighted by molar-refractivity contribution is 0.0988. The smallest absolute Gasteiger partial charge is 0.243 e. The van der Waals surface area contributed by atoms with E-state index in [-0.39, 0.29) is 23.1 Å². The molecule has 1 aliphatic heterocycles. The Morgan fingerprint density at radius 3 is 2.48 bits per heavy atom. The molecule has 0 aromatic heterocycles. The zero-order valence-electron chi connectivity index (χ0n) is 14.6. The molecule has 7 heteroatoms. The Morgan fingerprint density at radius 2 is 1.88 bits per heavy atom. The highest BCUT2D eigenvalue weighted by Crippen LogP contribution is 2.28. The van der Waals surface area contributed by atoms with Gasteiger partial charge in [0.1, 0.15) is 0 Å². The van der Waals surface area contributed by atoms with Gasteiger partial charge in [-0.1, -0.05) is 19.1 Å². The predicted molar refractivity (Wildman–Crippen MR) is 101 cm³/mol. The zero-order chi connectivity index (χ0) is 17.2. The number of hydrogen-bond acceptors (Lipinski definition) is 4. The molecule has 0 bridgehead atoms. The number of carbonyl (C=O) groups excluding carboxylic acids is 1. The molecule has 0 spiro atoms. The molecule has 1 aromatic rings. The molecule has 0 radical (unpaired) electrons. The first-order chi connectivity index (χ1) is 11.5. The Bertz CT molecular complexity index is 696. The molecular formula is C18H27ClN2O3S. The van der Waals surface area contributed by atoms with Crippen molar-refractivity contribution < 1.29 is 13.2 Å². The van der Waals surface area contributed by atoms with Crippen molar-refractivity contribution in [2.24, 2.45) is 5.92 Å². The molecule has 5 nitrogen and oxygen atoms in total. The van der Waals surface area contributed by atoms with Gasteiger partial charge in [0.25, 0.3) is 0 Å². The molecule has 1 saturated carbocycles. The number of piperidine rings is 1. The van der Waals surface area contributed by atoms with Crippen LogP contribution in [0.3, 0.4) is 0 Å². The third kappa shape index (κ3) is 5.03. The Kier molecular flexibility index (Phi) is 7.02. The van der Waals surface area contributed by atoms with Gasteiger partial charge < -0.3 is 5.32 Å². The molecule has 1 aliphatic carbocycles. The molecule has 1 N–H and O–H groups in total. The first-order valence-corrected chi connectivity index (χ1v) is 10.3. The number of halogens is 1. The Labute approximate surface area is 156 Å². The molecule has 1 heterocycles. The van der Waals surface area contributed by atoms with E-state index in [1.165, 1.54) is 18.9 Å². The zero-order valence-corrected chi connectivity index (χ0v) is 16.2. The molecule has 0 atom stereocenters. The monoisotopic (exact) mass is 386 g/mol. The largest absolute Gasteiger partial charge is 0.314 e. The maximum atomic E-state index is 12.8. The highest BCUT2D eigenvalue weighted by molar-refractivity contribution is 7.89. The fraction of sp³-hybridized carbons (Fsp3) is 0.611. The fourth-order valence-electron chi connectivity index (χ4n) is 3.14. The van der Waals surface area contributed by atoms with Crippen LogP contribution in [-0.4, -0.2) is 44.2 Å². The molecule has 25 heavy (non-hydrogen) atoms. The van der Waals surface area contributed by atoms with Crippen molar-refractivity contribution in [1.29, 1.82) is 0 Å². The standard InChI is InChI=1S/C18H26N2O3S.ClH/c1-2-18(21)15-4-3-5-17(12-15)24(22,23)20-10-8-16(9-11-20)19-13-14-6-7-14;/h3-5,12,14,16,19H,2,6-11,13H2,1H3;1H. The van der Waals surface area contributed by atoms with Crippen LogP contribution >= 0.6 is 12.4 Å². The molecule has 3 rings (SSSR count). The van der Waals surface area contributed by atoms with E-state index < -0.39 is 10.0 Å². The van der Waals surface area contributed by atoms with Crippen LogP contribution < -0.4 is 5.32 Å². The summed E-state index contributed by atoms with van der Waals surface area (Å²) in [6, 6.07) is 6.85. The van der Waals surface area contributed by atoms with Crippen molar-refractivity contribution in [1.82, 2.24) is 9.62 Å². The Morgan fingerprint density at radius 1 is 1.20 bits per heavy atom. The van der Waals surface area contributed by atoms with Crippen LogP contribution in [0.5, 0.6) is 0 Å². The van der Waals surface area contributed by atoms with Gasteiger partial charge >= 0.3 is 0 Å². The minimum Gasteiger partial charge on any atom is -0.314 e.